The number of aromatic nitrogens is 1. The fraction of sp³-hybridized carbons (Fsp3) is 0.278. The van der Waals surface area contributed by atoms with E-state index in [4.69, 9.17) is 5.11 Å². The fourth-order valence-electron chi connectivity index (χ4n) is 2.03. The Morgan fingerprint density at radius 1 is 1.17 bits per heavy atom. The highest BCUT2D eigenvalue weighted by atomic mass is 16.3. The van der Waals surface area contributed by atoms with Crippen molar-refractivity contribution in [2.45, 2.75) is 33.3 Å². The van der Waals surface area contributed by atoms with Gasteiger partial charge in [0.05, 0.1) is 23.6 Å². The van der Waals surface area contributed by atoms with Gasteiger partial charge in [0.25, 0.3) is 5.91 Å². The van der Waals surface area contributed by atoms with Crippen LogP contribution in [0.15, 0.2) is 47.7 Å². The van der Waals surface area contributed by atoms with Crippen molar-refractivity contribution in [1.29, 1.82) is 0 Å². The molecular weight excluding hydrogens is 290 g/mol. The molecule has 0 saturated heterocycles. The zero-order valence-corrected chi connectivity index (χ0v) is 13.6. The first-order valence-electron chi connectivity index (χ1n) is 7.52. The molecule has 0 fully saturated rings. The molecule has 1 amide bonds. The largest absolute Gasteiger partial charge is 0.390 e. The van der Waals surface area contributed by atoms with Crippen LogP contribution in [0.25, 0.3) is 0 Å². The highest BCUT2D eigenvalue weighted by Gasteiger charge is 2.06. The van der Waals surface area contributed by atoms with E-state index in [2.05, 4.69) is 41.5 Å². The van der Waals surface area contributed by atoms with Gasteiger partial charge in [-0.3, -0.25) is 9.78 Å². The van der Waals surface area contributed by atoms with E-state index in [0.717, 1.165) is 11.3 Å². The molecule has 0 unspecified atom stereocenters. The first-order valence-corrected chi connectivity index (χ1v) is 7.52. The van der Waals surface area contributed by atoms with Gasteiger partial charge in [0, 0.05) is 6.20 Å². The predicted molar refractivity (Wildman–Crippen MR) is 90.4 cm³/mol. The van der Waals surface area contributed by atoms with Crippen molar-refractivity contribution in [3.8, 4) is 0 Å². The minimum atomic E-state index is -0.333. The predicted octanol–water partition coefficient (Wildman–Crippen LogP) is 2.85. The standard InChI is InChI=1S/C18H21N3O2/c1-12(2)14-4-6-15(7-5-14)13(3)20-21-18(23)16-8-9-17(11-22)19-10-16/h4-10,12,22H,11H2,1-3H3,(H,21,23)/b20-13+. The molecule has 120 valence electrons. The third-order valence-electron chi connectivity index (χ3n) is 3.57. The molecule has 0 aliphatic carbocycles. The quantitative estimate of drug-likeness (QED) is 0.658. The van der Waals surface area contributed by atoms with Crippen molar-refractivity contribution < 1.29 is 9.90 Å². The number of nitrogens with zero attached hydrogens (tertiary/aromatic N) is 2. The maximum atomic E-state index is 12.0. The molecule has 23 heavy (non-hydrogen) atoms. The van der Waals surface area contributed by atoms with Gasteiger partial charge in [0.15, 0.2) is 0 Å². The average molecular weight is 311 g/mol. The van der Waals surface area contributed by atoms with Crippen LogP contribution >= 0.6 is 0 Å². The van der Waals surface area contributed by atoms with Gasteiger partial charge in [-0.05, 0) is 36.1 Å². The summed E-state index contributed by atoms with van der Waals surface area (Å²) < 4.78 is 0. The summed E-state index contributed by atoms with van der Waals surface area (Å²) >= 11 is 0. The number of hydrogen-bond acceptors (Lipinski definition) is 4. The Balaban J connectivity index is 2.04. The van der Waals surface area contributed by atoms with Gasteiger partial charge in [0.2, 0.25) is 0 Å². The second-order valence-electron chi connectivity index (χ2n) is 5.61. The Bertz CT molecular complexity index is 689. The Morgan fingerprint density at radius 3 is 2.35 bits per heavy atom. The molecule has 1 aromatic carbocycles. The zero-order valence-electron chi connectivity index (χ0n) is 13.6. The monoisotopic (exact) mass is 311 g/mol. The molecule has 0 spiro atoms. The Labute approximate surface area is 136 Å². The maximum Gasteiger partial charge on any atom is 0.272 e. The lowest BCUT2D eigenvalue weighted by molar-refractivity contribution is 0.0954. The van der Waals surface area contributed by atoms with E-state index >= 15 is 0 Å². The van der Waals surface area contributed by atoms with E-state index in [-0.39, 0.29) is 12.5 Å². The number of carbonyl (C=O) groups is 1. The van der Waals surface area contributed by atoms with Crippen LogP contribution < -0.4 is 5.43 Å². The van der Waals surface area contributed by atoms with Gasteiger partial charge in [-0.15, -0.1) is 0 Å². The van der Waals surface area contributed by atoms with Crippen molar-refractivity contribution in [2.24, 2.45) is 5.10 Å². The average Bonchev–Trinajstić information content (AvgIpc) is 2.59. The summed E-state index contributed by atoms with van der Waals surface area (Å²) in [7, 11) is 0. The Hall–Kier alpha value is -2.53. The third-order valence-corrected chi connectivity index (χ3v) is 3.57. The number of aliphatic hydroxyl groups excluding tert-OH is 1. The van der Waals surface area contributed by atoms with Crippen molar-refractivity contribution in [3.05, 3.63) is 65.0 Å². The van der Waals surface area contributed by atoms with E-state index < -0.39 is 0 Å². The van der Waals surface area contributed by atoms with Gasteiger partial charge in [-0.1, -0.05) is 38.1 Å². The maximum absolute atomic E-state index is 12.0. The molecular formula is C18H21N3O2. The van der Waals surface area contributed by atoms with Gasteiger partial charge < -0.3 is 5.11 Å². The number of nitrogens with one attached hydrogen (secondary N) is 1. The number of hydrogen-bond donors (Lipinski definition) is 2. The van der Waals surface area contributed by atoms with Crippen LogP contribution in [-0.2, 0) is 6.61 Å². The highest BCUT2D eigenvalue weighted by Crippen LogP contribution is 2.15. The van der Waals surface area contributed by atoms with Gasteiger partial charge in [0.1, 0.15) is 0 Å². The molecule has 2 rings (SSSR count). The molecule has 0 radical (unpaired) electrons. The van der Waals surface area contributed by atoms with Gasteiger partial charge in [-0.25, -0.2) is 5.43 Å². The molecule has 2 N–H and O–H groups in total. The number of amides is 1. The molecule has 0 bridgehead atoms. The first kappa shape index (κ1) is 16.8. The normalized spacial score (nSPS) is 11.6. The summed E-state index contributed by atoms with van der Waals surface area (Å²) in [4.78, 5) is 16.0. The molecule has 0 aliphatic rings. The van der Waals surface area contributed by atoms with Crippen LogP contribution in [0.3, 0.4) is 0 Å². The third kappa shape index (κ3) is 4.47. The number of pyridine rings is 1. The molecule has 1 heterocycles. The number of aliphatic hydroxyl groups is 1. The Morgan fingerprint density at radius 2 is 1.83 bits per heavy atom. The van der Waals surface area contributed by atoms with Gasteiger partial charge >= 0.3 is 0 Å². The van der Waals surface area contributed by atoms with Gasteiger partial charge in [-0.2, -0.15) is 5.10 Å². The van der Waals surface area contributed by atoms with Crippen LogP contribution in [0, 0.1) is 0 Å². The second-order valence-corrected chi connectivity index (χ2v) is 5.61. The van der Waals surface area contributed by atoms with Crippen molar-refractivity contribution >= 4 is 11.6 Å². The summed E-state index contributed by atoms with van der Waals surface area (Å²) in [6, 6.07) is 11.3. The zero-order chi connectivity index (χ0) is 16.8. The molecule has 1 aromatic heterocycles. The number of carbonyl (C=O) groups excluding carboxylic acids is 1. The summed E-state index contributed by atoms with van der Waals surface area (Å²) in [6.07, 6.45) is 1.42. The number of rotatable bonds is 5. The topological polar surface area (TPSA) is 74.6 Å². The molecule has 5 nitrogen and oxygen atoms in total. The first-order chi connectivity index (χ1) is 11.0. The van der Waals surface area contributed by atoms with Crippen LogP contribution in [-0.4, -0.2) is 21.7 Å². The van der Waals surface area contributed by atoms with Crippen LogP contribution in [0.5, 0.6) is 0 Å². The van der Waals surface area contributed by atoms with E-state index in [1.54, 1.807) is 12.1 Å². The minimum absolute atomic E-state index is 0.147. The molecule has 2 aromatic rings. The van der Waals surface area contributed by atoms with Crippen LogP contribution in [0.1, 0.15) is 53.9 Å². The van der Waals surface area contributed by atoms with E-state index in [0.29, 0.717) is 17.2 Å². The minimum Gasteiger partial charge on any atom is -0.390 e. The lowest BCUT2D eigenvalue weighted by atomic mass is 10.0. The van der Waals surface area contributed by atoms with E-state index in [1.165, 1.54) is 11.8 Å². The molecule has 5 heteroatoms. The summed E-state index contributed by atoms with van der Waals surface area (Å²) in [5, 5.41) is 13.1. The van der Waals surface area contributed by atoms with Crippen molar-refractivity contribution in [2.75, 3.05) is 0 Å². The molecule has 0 aliphatic heterocycles. The summed E-state index contributed by atoms with van der Waals surface area (Å²) in [5.41, 5.74) is 6.39. The number of hydrazone groups is 1. The molecule has 0 atom stereocenters. The van der Waals surface area contributed by atoms with Crippen LogP contribution in [0.4, 0.5) is 0 Å². The SMILES string of the molecule is C/C(=N\NC(=O)c1ccc(CO)nc1)c1ccc(C(C)C)cc1. The van der Waals surface area contributed by atoms with Crippen molar-refractivity contribution in [3.63, 3.8) is 0 Å². The lowest BCUT2D eigenvalue weighted by Crippen LogP contribution is -2.19. The second kappa shape index (κ2) is 7.65. The summed E-state index contributed by atoms with van der Waals surface area (Å²) in [5.74, 6) is 0.149. The number of benzene rings is 1. The van der Waals surface area contributed by atoms with E-state index in [9.17, 15) is 4.79 Å². The fourth-order valence-corrected chi connectivity index (χ4v) is 2.03. The van der Waals surface area contributed by atoms with Crippen molar-refractivity contribution in [1.82, 2.24) is 10.4 Å². The lowest BCUT2D eigenvalue weighted by Gasteiger charge is -2.07. The molecule has 0 saturated carbocycles. The smallest absolute Gasteiger partial charge is 0.272 e. The Kier molecular flexibility index (Phi) is 5.60. The summed E-state index contributed by atoms with van der Waals surface area (Å²) in [6.45, 7) is 5.99. The highest BCUT2D eigenvalue weighted by molar-refractivity contribution is 6.00. The van der Waals surface area contributed by atoms with E-state index in [1.807, 2.05) is 19.1 Å². The van der Waals surface area contributed by atoms with Crippen LogP contribution in [0.2, 0.25) is 0 Å².